The number of piperidine rings is 1. The first-order valence-electron chi connectivity index (χ1n) is 7.07. The lowest BCUT2D eigenvalue weighted by atomic mass is 9.71. The van der Waals surface area contributed by atoms with Crippen molar-refractivity contribution in [2.75, 3.05) is 24.5 Å². The molecule has 21 heavy (non-hydrogen) atoms. The van der Waals surface area contributed by atoms with E-state index >= 15 is 0 Å². The van der Waals surface area contributed by atoms with E-state index in [4.69, 9.17) is 5.11 Å². The highest BCUT2D eigenvalue weighted by molar-refractivity contribution is 5.88. The Morgan fingerprint density at radius 3 is 2.33 bits per heavy atom. The lowest BCUT2D eigenvalue weighted by molar-refractivity contribution is 0.0886. The highest BCUT2D eigenvalue weighted by atomic mass is 16.4. The van der Waals surface area contributed by atoms with E-state index in [1.807, 2.05) is 24.3 Å². The van der Waals surface area contributed by atoms with Gasteiger partial charge >= 0.3 is 12.2 Å². The molecule has 1 aromatic carbocycles. The number of carbonyl (C=O) groups is 2. The van der Waals surface area contributed by atoms with Crippen LogP contribution in [-0.4, -0.2) is 46.9 Å². The summed E-state index contributed by atoms with van der Waals surface area (Å²) in [7, 11) is 0. The minimum atomic E-state index is -0.942. The average molecular weight is 290 g/mol. The third kappa shape index (κ3) is 2.41. The molecular formula is C15H18N2O4. The Hall–Kier alpha value is -2.24. The number of fused-ring (bicyclic) bond motifs is 1. The quantitative estimate of drug-likeness (QED) is 0.769. The molecule has 3 rings (SSSR count). The van der Waals surface area contributed by atoms with Crippen molar-refractivity contribution in [3.8, 4) is 0 Å². The van der Waals surface area contributed by atoms with Gasteiger partial charge in [-0.1, -0.05) is 18.2 Å². The number of anilines is 1. The Bertz CT molecular complexity index is 579. The summed E-state index contributed by atoms with van der Waals surface area (Å²) in [5.74, 6) is 0. The van der Waals surface area contributed by atoms with Crippen molar-refractivity contribution in [1.29, 1.82) is 0 Å². The van der Waals surface area contributed by atoms with Gasteiger partial charge in [0.1, 0.15) is 0 Å². The number of amides is 2. The lowest BCUT2D eigenvalue weighted by Gasteiger charge is -2.46. The molecule has 6 nitrogen and oxygen atoms in total. The molecule has 1 saturated heterocycles. The topological polar surface area (TPSA) is 81.1 Å². The number of hydrogen-bond acceptors (Lipinski definition) is 2. The first kappa shape index (κ1) is 13.7. The molecular weight excluding hydrogens is 272 g/mol. The fourth-order valence-corrected chi connectivity index (χ4v) is 3.48. The maximum Gasteiger partial charge on any atom is 0.411 e. The Kier molecular flexibility index (Phi) is 3.23. The van der Waals surface area contributed by atoms with E-state index in [0.29, 0.717) is 32.5 Å². The monoisotopic (exact) mass is 290 g/mol. The summed E-state index contributed by atoms with van der Waals surface area (Å²) >= 11 is 0. The third-order valence-electron chi connectivity index (χ3n) is 4.67. The molecule has 6 heteroatoms. The summed E-state index contributed by atoms with van der Waals surface area (Å²) in [6.07, 6.45) is 0.397. The predicted molar refractivity (Wildman–Crippen MR) is 76.8 cm³/mol. The first-order chi connectivity index (χ1) is 10.0. The molecule has 2 amide bonds. The zero-order valence-corrected chi connectivity index (χ0v) is 11.7. The number of hydrogen-bond donors (Lipinski definition) is 2. The lowest BCUT2D eigenvalue weighted by Crippen LogP contribution is -2.52. The maximum atomic E-state index is 11.5. The van der Waals surface area contributed by atoms with Crippen molar-refractivity contribution < 1.29 is 19.8 Å². The number of nitrogens with zero attached hydrogens (tertiary/aromatic N) is 2. The van der Waals surface area contributed by atoms with Crippen LogP contribution >= 0.6 is 0 Å². The van der Waals surface area contributed by atoms with Gasteiger partial charge in [0.05, 0.1) is 5.69 Å². The molecule has 0 aliphatic carbocycles. The molecule has 2 N–H and O–H groups in total. The van der Waals surface area contributed by atoms with Crippen LogP contribution < -0.4 is 4.90 Å². The van der Waals surface area contributed by atoms with Gasteiger partial charge < -0.3 is 15.1 Å². The highest BCUT2D eigenvalue weighted by Gasteiger charge is 2.42. The Labute approximate surface area is 122 Å². The zero-order valence-electron chi connectivity index (χ0n) is 11.7. The van der Waals surface area contributed by atoms with Gasteiger partial charge in [-0.05, 0) is 36.3 Å². The van der Waals surface area contributed by atoms with Gasteiger partial charge in [0, 0.05) is 19.6 Å². The Morgan fingerprint density at radius 1 is 1.05 bits per heavy atom. The molecule has 0 unspecified atom stereocenters. The predicted octanol–water partition coefficient (Wildman–Crippen LogP) is 2.49. The van der Waals surface area contributed by atoms with Crippen molar-refractivity contribution >= 4 is 17.9 Å². The number of carboxylic acid groups (broad SMARTS) is 2. The van der Waals surface area contributed by atoms with Crippen molar-refractivity contribution in [2.24, 2.45) is 5.41 Å². The average Bonchev–Trinajstić information content (AvgIpc) is 2.46. The van der Waals surface area contributed by atoms with E-state index in [1.54, 1.807) is 0 Å². The number of benzene rings is 1. The second-order valence-corrected chi connectivity index (χ2v) is 5.94. The largest absolute Gasteiger partial charge is 0.465 e. The Morgan fingerprint density at radius 2 is 1.71 bits per heavy atom. The summed E-state index contributed by atoms with van der Waals surface area (Å²) in [4.78, 5) is 25.4. The third-order valence-corrected chi connectivity index (χ3v) is 4.67. The molecule has 1 aromatic rings. The van der Waals surface area contributed by atoms with E-state index in [-0.39, 0.29) is 5.41 Å². The number of likely N-dealkylation sites (tertiary alicyclic amines) is 1. The van der Waals surface area contributed by atoms with E-state index in [1.165, 1.54) is 9.80 Å². The van der Waals surface area contributed by atoms with Crippen LogP contribution in [0, 0.1) is 5.41 Å². The van der Waals surface area contributed by atoms with E-state index in [0.717, 1.165) is 17.7 Å². The molecule has 0 atom stereocenters. The van der Waals surface area contributed by atoms with Crippen molar-refractivity contribution in [3.63, 3.8) is 0 Å². The standard InChI is InChI=1S/C15H18N2O4/c18-13(19)16-7-5-15(6-8-16)9-11-3-1-2-4-12(11)17(10-15)14(20)21/h1-4H,5-10H2,(H,18,19)(H,20,21). The molecule has 2 heterocycles. The molecule has 0 radical (unpaired) electrons. The second kappa shape index (κ2) is 4.95. The van der Waals surface area contributed by atoms with E-state index in [9.17, 15) is 14.7 Å². The molecule has 1 fully saturated rings. The van der Waals surface area contributed by atoms with Crippen LogP contribution in [0.15, 0.2) is 24.3 Å². The fourth-order valence-electron chi connectivity index (χ4n) is 3.48. The van der Waals surface area contributed by atoms with Crippen LogP contribution in [0.2, 0.25) is 0 Å². The van der Waals surface area contributed by atoms with Gasteiger partial charge in [0.15, 0.2) is 0 Å². The van der Waals surface area contributed by atoms with Gasteiger partial charge in [-0.25, -0.2) is 9.59 Å². The van der Waals surface area contributed by atoms with Crippen LogP contribution in [0.3, 0.4) is 0 Å². The van der Waals surface area contributed by atoms with Crippen LogP contribution in [0.25, 0.3) is 0 Å². The molecule has 1 spiro atoms. The van der Waals surface area contributed by atoms with Gasteiger partial charge in [-0.15, -0.1) is 0 Å². The van der Waals surface area contributed by atoms with Crippen molar-refractivity contribution in [1.82, 2.24) is 4.90 Å². The van der Waals surface area contributed by atoms with Crippen molar-refractivity contribution in [3.05, 3.63) is 29.8 Å². The summed E-state index contributed by atoms with van der Waals surface area (Å²) in [5.41, 5.74) is 1.66. The van der Waals surface area contributed by atoms with Crippen LogP contribution in [0.1, 0.15) is 18.4 Å². The summed E-state index contributed by atoms with van der Waals surface area (Å²) in [5, 5.41) is 18.5. The fraction of sp³-hybridized carbons (Fsp3) is 0.467. The molecule has 0 saturated carbocycles. The van der Waals surface area contributed by atoms with Crippen molar-refractivity contribution in [2.45, 2.75) is 19.3 Å². The van der Waals surface area contributed by atoms with E-state index in [2.05, 4.69) is 0 Å². The molecule has 112 valence electrons. The number of para-hydroxylation sites is 1. The SMILES string of the molecule is O=C(O)N1CCC2(CC1)Cc1ccccc1N(C(=O)O)C2. The van der Waals surface area contributed by atoms with E-state index < -0.39 is 12.2 Å². The second-order valence-electron chi connectivity index (χ2n) is 5.94. The number of rotatable bonds is 0. The smallest absolute Gasteiger partial charge is 0.411 e. The van der Waals surface area contributed by atoms with Gasteiger partial charge in [-0.3, -0.25) is 4.90 Å². The molecule has 0 aromatic heterocycles. The molecule has 2 aliphatic rings. The minimum absolute atomic E-state index is 0.140. The summed E-state index contributed by atoms with van der Waals surface area (Å²) < 4.78 is 0. The summed E-state index contributed by atoms with van der Waals surface area (Å²) in [6.45, 7) is 1.41. The highest BCUT2D eigenvalue weighted by Crippen LogP contribution is 2.43. The Balaban J connectivity index is 1.87. The zero-order chi connectivity index (χ0) is 15.0. The molecule has 0 bridgehead atoms. The van der Waals surface area contributed by atoms with Gasteiger partial charge in [0.2, 0.25) is 0 Å². The normalized spacial score (nSPS) is 20.2. The van der Waals surface area contributed by atoms with Gasteiger partial charge in [-0.2, -0.15) is 0 Å². The van der Waals surface area contributed by atoms with Crippen LogP contribution in [-0.2, 0) is 6.42 Å². The minimum Gasteiger partial charge on any atom is -0.465 e. The van der Waals surface area contributed by atoms with Crippen LogP contribution in [0.5, 0.6) is 0 Å². The summed E-state index contributed by atoms with van der Waals surface area (Å²) in [6, 6.07) is 7.57. The maximum absolute atomic E-state index is 11.5. The van der Waals surface area contributed by atoms with Crippen LogP contribution in [0.4, 0.5) is 15.3 Å². The van der Waals surface area contributed by atoms with Gasteiger partial charge in [0.25, 0.3) is 0 Å². The first-order valence-corrected chi connectivity index (χ1v) is 7.07. The molecule has 2 aliphatic heterocycles.